The van der Waals surface area contributed by atoms with Gasteiger partial charge in [-0.2, -0.15) is 9.40 Å². The van der Waals surface area contributed by atoms with Gasteiger partial charge in [0.15, 0.2) is 0 Å². The second kappa shape index (κ2) is 7.38. The highest BCUT2D eigenvalue weighted by atomic mass is 32.2. The molecule has 10 heteroatoms. The molecule has 1 fully saturated rings. The van der Waals surface area contributed by atoms with Crippen LogP contribution >= 0.6 is 0 Å². The Morgan fingerprint density at radius 3 is 2.68 bits per heavy atom. The topological polar surface area (TPSA) is 110 Å². The lowest BCUT2D eigenvalue weighted by molar-refractivity contribution is 0.0930. The van der Waals surface area contributed by atoms with Crippen molar-refractivity contribution < 1.29 is 13.2 Å². The van der Waals surface area contributed by atoms with E-state index in [1.54, 1.807) is 24.3 Å². The van der Waals surface area contributed by atoms with Gasteiger partial charge in [0.05, 0.1) is 16.8 Å². The van der Waals surface area contributed by atoms with Crippen LogP contribution in [0.15, 0.2) is 48.0 Å². The van der Waals surface area contributed by atoms with Crippen LogP contribution in [0.1, 0.15) is 22.2 Å². The third-order valence-corrected chi connectivity index (χ3v) is 6.98. The van der Waals surface area contributed by atoms with Crippen molar-refractivity contribution in [1.29, 1.82) is 0 Å². The monoisotopic (exact) mass is 402 g/mol. The number of aromatic nitrogens is 2. The van der Waals surface area contributed by atoms with Crippen molar-refractivity contribution >= 4 is 21.6 Å². The largest absolute Gasteiger partial charge is 0.358 e. The van der Waals surface area contributed by atoms with E-state index in [2.05, 4.69) is 32.3 Å². The van der Waals surface area contributed by atoms with Crippen LogP contribution in [0.2, 0.25) is 0 Å². The van der Waals surface area contributed by atoms with Gasteiger partial charge in [0, 0.05) is 38.3 Å². The molecule has 1 amide bonds. The maximum atomic E-state index is 13.3. The van der Waals surface area contributed by atoms with Gasteiger partial charge in [-0.1, -0.05) is 24.3 Å². The van der Waals surface area contributed by atoms with E-state index >= 15 is 0 Å². The lowest BCUT2D eigenvalue weighted by Crippen LogP contribution is -2.49. The van der Waals surface area contributed by atoms with E-state index in [4.69, 9.17) is 0 Å². The first-order valence-electron chi connectivity index (χ1n) is 9.04. The summed E-state index contributed by atoms with van der Waals surface area (Å²) < 4.78 is 28.1. The smallest absolute Gasteiger partial charge is 0.273 e. The molecule has 28 heavy (non-hydrogen) atoms. The Balaban J connectivity index is 1.61. The first-order chi connectivity index (χ1) is 13.5. The Labute approximate surface area is 163 Å². The second-order valence-electron chi connectivity index (χ2n) is 6.74. The number of rotatable bonds is 5. The van der Waals surface area contributed by atoms with Crippen LogP contribution in [0.4, 0.5) is 5.69 Å². The fourth-order valence-electron chi connectivity index (χ4n) is 3.55. The number of nitrogens with zero attached hydrogens (tertiary/aromatic N) is 3. The van der Waals surface area contributed by atoms with Crippen LogP contribution in [0, 0.1) is 0 Å². The van der Waals surface area contributed by atoms with Crippen molar-refractivity contribution in [2.45, 2.75) is 11.1 Å². The molecule has 2 aliphatic heterocycles. The van der Waals surface area contributed by atoms with Crippen molar-refractivity contribution in [1.82, 2.24) is 24.7 Å². The molecule has 1 unspecified atom stereocenters. The van der Waals surface area contributed by atoms with Gasteiger partial charge in [-0.3, -0.25) is 14.8 Å². The third-order valence-electron chi connectivity index (χ3n) is 5.01. The van der Waals surface area contributed by atoms with Crippen LogP contribution < -0.4 is 10.6 Å². The third kappa shape index (κ3) is 3.30. The molecule has 0 bridgehead atoms. The predicted molar refractivity (Wildman–Crippen MR) is 104 cm³/mol. The number of carbonyl (C=O) groups is 1. The number of H-pyrrole nitrogens is 1. The first-order valence-corrected chi connectivity index (χ1v) is 10.5. The van der Waals surface area contributed by atoms with Gasteiger partial charge in [-0.05, 0) is 6.07 Å². The zero-order valence-corrected chi connectivity index (χ0v) is 16.1. The number of sulfonamides is 1. The molecular weight excluding hydrogens is 380 g/mol. The molecule has 0 saturated carbocycles. The molecule has 2 aromatic rings. The van der Waals surface area contributed by atoms with Crippen molar-refractivity contribution in [2.24, 2.45) is 0 Å². The van der Waals surface area contributed by atoms with Gasteiger partial charge < -0.3 is 10.6 Å². The normalized spacial score (nSPS) is 20.9. The summed E-state index contributed by atoms with van der Waals surface area (Å²) in [5, 5.41) is 12.4. The van der Waals surface area contributed by atoms with Gasteiger partial charge in [0.1, 0.15) is 11.9 Å². The standard InChI is InChI=1S/C18H22N6O3S/c1-2-7-23-8-10-24(11-9-23)28(26,27)15-6-4-3-5-13(15)17-20-14-12-19-22-16(14)18(25)21-17/h2-6,12,17,20H,1,7-11H2,(H,19,22)(H,21,25). The molecule has 0 radical (unpaired) electrons. The minimum absolute atomic E-state index is 0.192. The van der Waals surface area contributed by atoms with E-state index in [-0.39, 0.29) is 10.8 Å². The van der Waals surface area contributed by atoms with Gasteiger partial charge in [-0.15, -0.1) is 6.58 Å². The molecule has 2 aliphatic rings. The van der Waals surface area contributed by atoms with Gasteiger partial charge in [0.2, 0.25) is 10.0 Å². The van der Waals surface area contributed by atoms with Crippen LogP contribution in [0.5, 0.6) is 0 Å². The maximum Gasteiger partial charge on any atom is 0.273 e. The van der Waals surface area contributed by atoms with Crippen LogP contribution in [-0.4, -0.2) is 66.5 Å². The number of benzene rings is 1. The highest BCUT2D eigenvalue weighted by Crippen LogP contribution is 2.30. The van der Waals surface area contributed by atoms with Crippen molar-refractivity contribution in [2.75, 3.05) is 38.0 Å². The Kier molecular flexibility index (Phi) is 4.92. The summed E-state index contributed by atoms with van der Waals surface area (Å²) >= 11 is 0. The van der Waals surface area contributed by atoms with Crippen molar-refractivity contribution in [3.05, 3.63) is 54.4 Å². The van der Waals surface area contributed by atoms with Gasteiger partial charge >= 0.3 is 0 Å². The Hall–Kier alpha value is -2.69. The number of carbonyl (C=O) groups excluding carboxylic acids is 1. The van der Waals surface area contributed by atoms with E-state index in [0.29, 0.717) is 43.1 Å². The molecule has 1 aromatic heterocycles. The molecule has 3 heterocycles. The zero-order chi connectivity index (χ0) is 19.7. The van der Waals surface area contributed by atoms with Gasteiger partial charge in [0.25, 0.3) is 5.91 Å². The van der Waals surface area contributed by atoms with E-state index in [1.807, 2.05) is 6.08 Å². The molecule has 0 spiro atoms. The number of hydrogen-bond acceptors (Lipinski definition) is 6. The predicted octanol–water partition coefficient (Wildman–Crippen LogP) is 0.756. The molecule has 148 valence electrons. The zero-order valence-electron chi connectivity index (χ0n) is 15.3. The summed E-state index contributed by atoms with van der Waals surface area (Å²) in [5.41, 5.74) is 1.37. The fraction of sp³-hybridized carbons (Fsp3) is 0.333. The highest BCUT2D eigenvalue weighted by Gasteiger charge is 2.34. The average molecular weight is 402 g/mol. The average Bonchev–Trinajstić information content (AvgIpc) is 3.18. The van der Waals surface area contributed by atoms with Crippen molar-refractivity contribution in [3.8, 4) is 0 Å². The number of hydrogen-bond donors (Lipinski definition) is 3. The number of nitrogens with one attached hydrogen (secondary N) is 3. The Bertz CT molecular complexity index is 994. The summed E-state index contributed by atoms with van der Waals surface area (Å²) in [6.07, 6.45) is 2.67. The fourth-order valence-corrected chi connectivity index (χ4v) is 5.20. The number of amides is 1. The Morgan fingerprint density at radius 2 is 1.93 bits per heavy atom. The molecule has 1 saturated heterocycles. The molecule has 1 aromatic carbocycles. The number of aromatic amines is 1. The quantitative estimate of drug-likeness (QED) is 0.637. The van der Waals surface area contributed by atoms with E-state index in [0.717, 1.165) is 6.54 Å². The molecule has 1 atom stereocenters. The number of fused-ring (bicyclic) bond motifs is 1. The number of piperazine rings is 1. The summed E-state index contributed by atoms with van der Waals surface area (Å²) in [6.45, 7) is 6.62. The maximum absolute atomic E-state index is 13.3. The van der Waals surface area contributed by atoms with E-state index in [9.17, 15) is 13.2 Å². The van der Waals surface area contributed by atoms with Crippen LogP contribution in [0.3, 0.4) is 0 Å². The summed E-state index contributed by atoms with van der Waals surface area (Å²) in [5.74, 6) is -0.332. The minimum atomic E-state index is -3.70. The summed E-state index contributed by atoms with van der Waals surface area (Å²) in [4.78, 5) is 14.6. The lowest BCUT2D eigenvalue weighted by atomic mass is 10.1. The Morgan fingerprint density at radius 1 is 1.18 bits per heavy atom. The molecule has 3 N–H and O–H groups in total. The summed E-state index contributed by atoms with van der Waals surface area (Å²) in [7, 11) is -3.70. The van der Waals surface area contributed by atoms with E-state index < -0.39 is 16.2 Å². The van der Waals surface area contributed by atoms with Crippen LogP contribution in [-0.2, 0) is 10.0 Å². The highest BCUT2D eigenvalue weighted by molar-refractivity contribution is 7.89. The minimum Gasteiger partial charge on any atom is -0.358 e. The first kappa shape index (κ1) is 18.7. The lowest BCUT2D eigenvalue weighted by Gasteiger charge is -2.34. The van der Waals surface area contributed by atoms with Crippen LogP contribution in [0.25, 0.3) is 0 Å². The van der Waals surface area contributed by atoms with Gasteiger partial charge in [-0.25, -0.2) is 8.42 Å². The number of anilines is 1. The van der Waals surface area contributed by atoms with E-state index in [1.165, 1.54) is 10.5 Å². The SMILES string of the molecule is C=CCN1CCN(S(=O)(=O)c2ccccc2C2NC(=O)c3[nH]ncc3N2)CC1. The molecule has 4 rings (SSSR count). The summed E-state index contributed by atoms with van der Waals surface area (Å²) in [6, 6.07) is 6.75. The second-order valence-corrected chi connectivity index (χ2v) is 8.65. The molecule has 0 aliphatic carbocycles. The molecular formula is C18H22N6O3S. The van der Waals surface area contributed by atoms with Crippen molar-refractivity contribution in [3.63, 3.8) is 0 Å². The molecule has 9 nitrogen and oxygen atoms in total.